The maximum Gasteiger partial charge on any atom is 0.573 e. The standard InChI is InChI=1S/C17H19F3N2O2S/c1-23-15-3-2-13(24-17(18,19)20)10-14(15)16(12-4-9-25-11-12)22-7-5-21-6-8-22/h2-4,9-11,16,21H,5-8H2,1H3/t16-/m0/s1. The van der Waals surface area contributed by atoms with Gasteiger partial charge in [0.25, 0.3) is 0 Å². The highest BCUT2D eigenvalue weighted by Gasteiger charge is 2.33. The van der Waals surface area contributed by atoms with Gasteiger partial charge in [0, 0.05) is 31.7 Å². The second-order valence-electron chi connectivity index (χ2n) is 5.70. The molecule has 1 aromatic carbocycles. The van der Waals surface area contributed by atoms with Crippen molar-refractivity contribution in [3.63, 3.8) is 0 Å². The van der Waals surface area contributed by atoms with Crippen molar-refractivity contribution in [2.75, 3.05) is 33.3 Å². The van der Waals surface area contributed by atoms with Crippen LogP contribution in [0.15, 0.2) is 35.0 Å². The van der Waals surface area contributed by atoms with E-state index in [1.807, 2.05) is 16.8 Å². The maximum absolute atomic E-state index is 12.6. The number of rotatable bonds is 5. The molecule has 1 aliphatic rings. The minimum Gasteiger partial charge on any atom is -0.496 e. The van der Waals surface area contributed by atoms with Crippen LogP contribution in [0, 0.1) is 0 Å². The number of benzene rings is 1. The number of methoxy groups -OCH3 is 1. The summed E-state index contributed by atoms with van der Waals surface area (Å²) in [5, 5.41) is 7.28. The molecular weight excluding hydrogens is 353 g/mol. The van der Waals surface area contributed by atoms with Crippen LogP contribution in [0.2, 0.25) is 0 Å². The fourth-order valence-corrected chi connectivity index (χ4v) is 3.76. The summed E-state index contributed by atoms with van der Waals surface area (Å²) < 4.78 is 47.4. The van der Waals surface area contributed by atoms with E-state index in [1.54, 1.807) is 11.3 Å². The Hall–Kier alpha value is -1.77. The summed E-state index contributed by atoms with van der Waals surface area (Å²) in [5.74, 6) is 0.308. The van der Waals surface area contributed by atoms with E-state index < -0.39 is 6.36 Å². The topological polar surface area (TPSA) is 33.7 Å². The average molecular weight is 372 g/mol. The Morgan fingerprint density at radius 1 is 1.20 bits per heavy atom. The predicted octanol–water partition coefficient (Wildman–Crippen LogP) is 3.65. The first-order valence-corrected chi connectivity index (χ1v) is 8.83. The number of alkyl halides is 3. The van der Waals surface area contributed by atoms with Crippen LogP contribution in [0.3, 0.4) is 0 Å². The first-order valence-electron chi connectivity index (χ1n) is 7.88. The highest BCUT2D eigenvalue weighted by molar-refractivity contribution is 7.08. The van der Waals surface area contributed by atoms with Crippen molar-refractivity contribution in [1.29, 1.82) is 0 Å². The third kappa shape index (κ3) is 4.45. The molecule has 1 fully saturated rings. The number of nitrogens with one attached hydrogen (secondary N) is 1. The number of nitrogens with zero attached hydrogens (tertiary/aromatic N) is 1. The number of thiophene rings is 1. The van der Waals surface area contributed by atoms with Crippen LogP contribution >= 0.6 is 11.3 Å². The average Bonchev–Trinajstić information content (AvgIpc) is 3.09. The van der Waals surface area contributed by atoms with E-state index in [0.717, 1.165) is 31.7 Å². The Labute approximate surface area is 148 Å². The van der Waals surface area contributed by atoms with Gasteiger partial charge < -0.3 is 14.8 Å². The van der Waals surface area contributed by atoms with E-state index in [1.165, 1.54) is 25.3 Å². The minimum absolute atomic E-state index is 0.180. The van der Waals surface area contributed by atoms with E-state index >= 15 is 0 Å². The molecule has 8 heteroatoms. The Kier molecular flexibility index (Phi) is 5.51. The number of hydrogen-bond donors (Lipinski definition) is 1. The minimum atomic E-state index is -4.72. The van der Waals surface area contributed by atoms with Crippen LogP contribution in [0.25, 0.3) is 0 Å². The molecule has 1 aliphatic heterocycles. The van der Waals surface area contributed by atoms with Crippen molar-refractivity contribution in [1.82, 2.24) is 10.2 Å². The van der Waals surface area contributed by atoms with E-state index in [-0.39, 0.29) is 11.8 Å². The monoisotopic (exact) mass is 372 g/mol. The van der Waals surface area contributed by atoms with Crippen molar-refractivity contribution in [3.05, 3.63) is 46.2 Å². The van der Waals surface area contributed by atoms with Crippen LogP contribution in [0.5, 0.6) is 11.5 Å². The summed E-state index contributed by atoms with van der Waals surface area (Å²) in [6, 6.07) is 6.04. The van der Waals surface area contributed by atoms with E-state index in [0.29, 0.717) is 11.3 Å². The summed E-state index contributed by atoms with van der Waals surface area (Å²) in [7, 11) is 1.52. The Morgan fingerprint density at radius 3 is 2.56 bits per heavy atom. The fraction of sp³-hybridized carbons (Fsp3) is 0.412. The molecule has 0 radical (unpaired) electrons. The molecule has 0 unspecified atom stereocenters. The molecule has 0 bridgehead atoms. The lowest BCUT2D eigenvalue weighted by atomic mass is 9.97. The molecule has 0 saturated carbocycles. The molecule has 2 heterocycles. The Morgan fingerprint density at radius 2 is 1.96 bits per heavy atom. The molecule has 1 aromatic heterocycles. The van der Waals surface area contributed by atoms with Crippen LogP contribution in [-0.4, -0.2) is 44.6 Å². The normalized spacial score (nSPS) is 17.3. The highest BCUT2D eigenvalue weighted by Crippen LogP contribution is 2.38. The molecule has 25 heavy (non-hydrogen) atoms. The van der Waals surface area contributed by atoms with Gasteiger partial charge in [-0.15, -0.1) is 13.2 Å². The Bertz CT molecular complexity index is 686. The van der Waals surface area contributed by atoms with E-state index in [4.69, 9.17) is 4.74 Å². The molecule has 0 spiro atoms. The van der Waals surface area contributed by atoms with Crippen molar-refractivity contribution in [2.45, 2.75) is 12.4 Å². The summed E-state index contributed by atoms with van der Waals surface area (Å²) in [6.07, 6.45) is -4.72. The molecule has 3 rings (SSSR count). The zero-order valence-electron chi connectivity index (χ0n) is 13.7. The van der Waals surface area contributed by atoms with Gasteiger partial charge >= 0.3 is 6.36 Å². The van der Waals surface area contributed by atoms with Gasteiger partial charge in [0.2, 0.25) is 0 Å². The third-order valence-electron chi connectivity index (χ3n) is 4.10. The smallest absolute Gasteiger partial charge is 0.496 e. The van der Waals surface area contributed by atoms with Gasteiger partial charge in [-0.2, -0.15) is 11.3 Å². The molecule has 2 aromatic rings. The van der Waals surface area contributed by atoms with Gasteiger partial charge in [-0.1, -0.05) is 0 Å². The maximum atomic E-state index is 12.6. The van der Waals surface area contributed by atoms with Gasteiger partial charge in [-0.25, -0.2) is 0 Å². The highest BCUT2D eigenvalue weighted by atomic mass is 32.1. The number of halogens is 3. The number of ether oxygens (including phenoxy) is 2. The van der Waals surface area contributed by atoms with Gasteiger partial charge in [0.15, 0.2) is 0 Å². The molecule has 1 saturated heterocycles. The lowest BCUT2D eigenvalue weighted by molar-refractivity contribution is -0.274. The van der Waals surface area contributed by atoms with Crippen LogP contribution in [-0.2, 0) is 0 Å². The molecule has 4 nitrogen and oxygen atoms in total. The van der Waals surface area contributed by atoms with Crippen molar-refractivity contribution in [3.8, 4) is 11.5 Å². The molecule has 136 valence electrons. The zero-order valence-corrected chi connectivity index (χ0v) is 14.5. The van der Waals surface area contributed by atoms with Gasteiger partial charge in [0.1, 0.15) is 11.5 Å². The summed E-state index contributed by atoms with van der Waals surface area (Å²) in [4.78, 5) is 2.24. The number of piperazine rings is 1. The van der Waals surface area contributed by atoms with Crippen molar-refractivity contribution < 1.29 is 22.6 Å². The summed E-state index contributed by atoms with van der Waals surface area (Å²) in [6.45, 7) is 3.27. The van der Waals surface area contributed by atoms with Gasteiger partial charge in [0.05, 0.1) is 13.2 Å². The van der Waals surface area contributed by atoms with Crippen molar-refractivity contribution >= 4 is 11.3 Å². The quantitative estimate of drug-likeness (QED) is 0.869. The van der Waals surface area contributed by atoms with Gasteiger partial charge in [-0.05, 0) is 40.6 Å². The first kappa shape index (κ1) is 18.0. The predicted molar refractivity (Wildman–Crippen MR) is 90.3 cm³/mol. The molecule has 1 atom stereocenters. The Balaban J connectivity index is 2.02. The first-order chi connectivity index (χ1) is 12.0. The third-order valence-corrected chi connectivity index (χ3v) is 4.81. The molecule has 0 amide bonds. The van der Waals surface area contributed by atoms with Crippen LogP contribution in [0.4, 0.5) is 13.2 Å². The summed E-state index contributed by atoms with van der Waals surface area (Å²) in [5.41, 5.74) is 1.71. The molecular formula is C17H19F3N2O2S. The van der Waals surface area contributed by atoms with Crippen LogP contribution in [0.1, 0.15) is 17.2 Å². The lowest BCUT2D eigenvalue weighted by Gasteiger charge is -2.35. The molecule has 1 N–H and O–H groups in total. The number of hydrogen-bond acceptors (Lipinski definition) is 5. The summed E-state index contributed by atoms with van der Waals surface area (Å²) >= 11 is 1.56. The van der Waals surface area contributed by atoms with Crippen molar-refractivity contribution in [2.24, 2.45) is 0 Å². The van der Waals surface area contributed by atoms with E-state index in [9.17, 15) is 13.2 Å². The zero-order chi connectivity index (χ0) is 17.9. The van der Waals surface area contributed by atoms with Crippen LogP contribution < -0.4 is 14.8 Å². The van der Waals surface area contributed by atoms with E-state index in [2.05, 4.69) is 15.0 Å². The largest absolute Gasteiger partial charge is 0.573 e. The molecule has 0 aliphatic carbocycles. The fourth-order valence-electron chi connectivity index (χ4n) is 3.08. The lowest BCUT2D eigenvalue weighted by Crippen LogP contribution is -2.45. The second-order valence-corrected chi connectivity index (χ2v) is 6.48. The van der Waals surface area contributed by atoms with Gasteiger partial charge in [-0.3, -0.25) is 4.90 Å². The SMILES string of the molecule is COc1ccc(OC(F)(F)F)cc1[C@H](c1ccsc1)N1CCNCC1. The second kappa shape index (κ2) is 7.63.